The monoisotopic (exact) mass is 240 g/mol. The molecule has 0 aliphatic carbocycles. The molecule has 2 aliphatic rings. The topological polar surface area (TPSA) is 41.6 Å². The summed E-state index contributed by atoms with van der Waals surface area (Å²) in [4.78, 5) is 14.1. The van der Waals surface area contributed by atoms with Crippen LogP contribution in [0, 0.1) is 0 Å². The van der Waals surface area contributed by atoms with Gasteiger partial charge in [-0.3, -0.25) is 0 Å². The highest BCUT2D eigenvalue weighted by Gasteiger charge is 2.44. The average Bonchev–Trinajstić information content (AvgIpc) is 2.47. The zero-order valence-corrected chi connectivity index (χ0v) is 11.3. The van der Waals surface area contributed by atoms with Crippen LogP contribution in [-0.2, 0) is 4.74 Å². The Morgan fingerprint density at radius 3 is 2.18 bits per heavy atom. The largest absolute Gasteiger partial charge is 0.444 e. The molecule has 1 N–H and O–H groups in total. The Hall–Kier alpha value is -0.770. The molecule has 2 saturated heterocycles. The molecule has 2 atom stereocenters. The van der Waals surface area contributed by atoms with Crippen LogP contribution < -0.4 is 5.32 Å². The van der Waals surface area contributed by atoms with Crippen molar-refractivity contribution in [3.05, 3.63) is 0 Å². The molecular weight excluding hydrogens is 216 g/mol. The Labute approximate surface area is 104 Å². The highest BCUT2D eigenvalue weighted by Crippen LogP contribution is 2.36. The molecule has 0 saturated carbocycles. The van der Waals surface area contributed by atoms with Gasteiger partial charge in [-0.05, 0) is 53.5 Å². The van der Waals surface area contributed by atoms with Crippen LogP contribution in [0.3, 0.4) is 0 Å². The Kier molecular flexibility index (Phi) is 3.34. The van der Waals surface area contributed by atoms with Crippen LogP contribution in [-0.4, -0.2) is 41.8 Å². The molecule has 0 unspecified atom stereocenters. The standard InChI is InChI=1S/C13H24N2O2/c1-13(2,3)17-12(16)15-10-5-6-11(15)8-9(7-10)14-4/h9-11,14H,5-8H2,1-4H3/t10-,11-/m0/s1. The van der Waals surface area contributed by atoms with E-state index in [1.165, 1.54) is 0 Å². The molecule has 2 bridgehead atoms. The van der Waals surface area contributed by atoms with Crippen molar-refractivity contribution in [2.24, 2.45) is 0 Å². The van der Waals surface area contributed by atoms with E-state index in [-0.39, 0.29) is 6.09 Å². The van der Waals surface area contributed by atoms with Gasteiger partial charge in [-0.15, -0.1) is 0 Å². The lowest BCUT2D eigenvalue weighted by Gasteiger charge is -2.39. The van der Waals surface area contributed by atoms with Crippen molar-refractivity contribution in [3.63, 3.8) is 0 Å². The minimum absolute atomic E-state index is 0.125. The van der Waals surface area contributed by atoms with Gasteiger partial charge in [0.2, 0.25) is 0 Å². The molecule has 17 heavy (non-hydrogen) atoms. The minimum atomic E-state index is -0.392. The minimum Gasteiger partial charge on any atom is -0.444 e. The SMILES string of the molecule is CNC1C[C@@H]2CC[C@@H](C1)N2C(=O)OC(C)(C)C. The van der Waals surface area contributed by atoms with Crippen LogP contribution in [0.4, 0.5) is 4.79 Å². The van der Waals surface area contributed by atoms with Gasteiger partial charge in [-0.1, -0.05) is 0 Å². The highest BCUT2D eigenvalue weighted by molar-refractivity contribution is 5.69. The van der Waals surface area contributed by atoms with Gasteiger partial charge in [0, 0.05) is 18.1 Å². The van der Waals surface area contributed by atoms with E-state index in [9.17, 15) is 4.79 Å². The van der Waals surface area contributed by atoms with E-state index < -0.39 is 5.60 Å². The summed E-state index contributed by atoms with van der Waals surface area (Å²) in [6.07, 6.45) is 4.25. The number of rotatable bonds is 1. The third kappa shape index (κ3) is 2.73. The number of nitrogens with zero attached hydrogens (tertiary/aromatic N) is 1. The molecule has 2 aliphatic heterocycles. The number of carbonyl (C=O) groups excluding carboxylic acids is 1. The zero-order valence-electron chi connectivity index (χ0n) is 11.3. The summed E-state index contributed by atoms with van der Waals surface area (Å²) >= 11 is 0. The van der Waals surface area contributed by atoms with Crippen molar-refractivity contribution in [2.75, 3.05) is 7.05 Å². The molecule has 0 spiro atoms. The van der Waals surface area contributed by atoms with Gasteiger partial charge in [-0.25, -0.2) is 4.79 Å². The van der Waals surface area contributed by atoms with Crippen LogP contribution in [0.5, 0.6) is 0 Å². The fraction of sp³-hybridized carbons (Fsp3) is 0.923. The van der Waals surface area contributed by atoms with Crippen molar-refractivity contribution in [1.82, 2.24) is 10.2 Å². The Bertz CT molecular complexity index is 284. The van der Waals surface area contributed by atoms with E-state index in [2.05, 4.69) is 5.32 Å². The number of hydrogen-bond donors (Lipinski definition) is 1. The quantitative estimate of drug-likeness (QED) is 0.763. The summed E-state index contributed by atoms with van der Waals surface area (Å²) < 4.78 is 5.49. The molecule has 4 nitrogen and oxygen atoms in total. The molecule has 0 aromatic rings. The molecule has 2 heterocycles. The molecule has 2 rings (SSSR count). The molecule has 4 heteroatoms. The van der Waals surface area contributed by atoms with Crippen LogP contribution in [0.1, 0.15) is 46.5 Å². The number of nitrogens with one attached hydrogen (secondary N) is 1. The van der Waals surface area contributed by atoms with E-state index in [1.54, 1.807) is 0 Å². The molecule has 2 fully saturated rings. The first-order chi connectivity index (χ1) is 7.90. The van der Waals surface area contributed by atoms with Crippen LogP contribution >= 0.6 is 0 Å². The summed E-state index contributed by atoms with van der Waals surface area (Å²) in [5.41, 5.74) is -0.392. The number of fused-ring (bicyclic) bond motifs is 2. The lowest BCUT2D eigenvalue weighted by Crippen LogP contribution is -2.52. The predicted molar refractivity (Wildman–Crippen MR) is 67.0 cm³/mol. The summed E-state index contributed by atoms with van der Waals surface area (Å²) in [6, 6.07) is 1.31. The second-order valence-corrected chi connectivity index (χ2v) is 6.23. The summed E-state index contributed by atoms with van der Waals surface area (Å²) in [6.45, 7) is 5.77. The van der Waals surface area contributed by atoms with Gasteiger partial charge in [0.25, 0.3) is 0 Å². The van der Waals surface area contributed by atoms with Crippen molar-refractivity contribution in [2.45, 2.75) is 70.2 Å². The highest BCUT2D eigenvalue weighted by atomic mass is 16.6. The third-order valence-electron chi connectivity index (χ3n) is 3.75. The van der Waals surface area contributed by atoms with Crippen molar-refractivity contribution in [3.8, 4) is 0 Å². The average molecular weight is 240 g/mol. The van der Waals surface area contributed by atoms with E-state index in [4.69, 9.17) is 4.74 Å². The zero-order chi connectivity index (χ0) is 12.6. The van der Waals surface area contributed by atoms with Gasteiger partial charge in [0.05, 0.1) is 0 Å². The van der Waals surface area contributed by atoms with Crippen molar-refractivity contribution >= 4 is 6.09 Å². The second-order valence-electron chi connectivity index (χ2n) is 6.23. The number of piperidine rings is 1. The van der Waals surface area contributed by atoms with Gasteiger partial charge < -0.3 is 15.0 Å². The van der Waals surface area contributed by atoms with E-state index in [0.717, 1.165) is 25.7 Å². The lowest BCUT2D eigenvalue weighted by atomic mass is 9.98. The second kappa shape index (κ2) is 4.48. The van der Waals surface area contributed by atoms with E-state index in [1.807, 2.05) is 32.7 Å². The molecule has 98 valence electrons. The van der Waals surface area contributed by atoms with Crippen LogP contribution in [0.25, 0.3) is 0 Å². The number of carbonyl (C=O) groups is 1. The summed E-state index contributed by atoms with van der Waals surface area (Å²) in [5, 5.41) is 3.33. The van der Waals surface area contributed by atoms with Gasteiger partial charge >= 0.3 is 6.09 Å². The summed E-state index contributed by atoms with van der Waals surface area (Å²) in [7, 11) is 2.01. The number of ether oxygens (including phenoxy) is 1. The van der Waals surface area contributed by atoms with Crippen molar-refractivity contribution < 1.29 is 9.53 Å². The fourth-order valence-electron chi connectivity index (χ4n) is 3.03. The fourth-order valence-corrected chi connectivity index (χ4v) is 3.03. The number of amides is 1. The maximum absolute atomic E-state index is 12.2. The maximum Gasteiger partial charge on any atom is 0.410 e. The number of hydrogen-bond acceptors (Lipinski definition) is 3. The van der Waals surface area contributed by atoms with Crippen molar-refractivity contribution in [1.29, 1.82) is 0 Å². The van der Waals surface area contributed by atoms with E-state index in [0.29, 0.717) is 18.1 Å². The maximum atomic E-state index is 12.2. The smallest absolute Gasteiger partial charge is 0.410 e. The van der Waals surface area contributed by atoms with Gasteiger partial charge in [-0.2, -0.15) is 0 Å². The molecule has 0 aromatic heterocycles. The Morgan fingerprint density at radius 2 is 1.76 bits per heavy atom. The molecule has 1 amide bonds. The molecular formula is C13H24N2O2. The Morgan fingerprint density at radius 1 is 1.24 bits per heavy atom. The van der Waals surface area contributed by atoms with Gasteiger partial charge in [0.15, 0.2) is 0 Å². The van der Waals surface area contributed by atoms with Crippen LogP contribution in [0.15, 0.2) is 0 Å². The summed E-state index contributed by atoms with van der Waals surface area (Å²) in [5.74, 6) is 0. The predicted octanol–water partition coefficient (Wildman–Crippen LogP) is 2.14. The lowest BCUT2D eigenvalue weighted by molar-refractivity contribution is 0.00503. The van der Waals surface area contributed by atoms with E-state index >= 15 is 0 Å². The first kappa shape index (κ1) is 12.7. The first-order valence-electron chi connectivity index (χ1n) is 6.59. The van der Waals surface area contributed by atoms with Gasteiger partial charge in [0.1, 0.15) is 5.60 Å². The Balaban J connectivity index is 2.01. The molecule has 0 aromatic carbocycles. The third-order valence-corrected chi connectivity index (χ3v) is 3.75. The first-order valence-corrected chi connectivity index (χ1v) is 6.59. The molecule has 0 radical (unpaired) electrons. The normalized spacial score (nSPS) is 32.7. The van der Waals surface area contributed by atoms with Crippen LogP contribution in [0.2, 0.25) is 0 Å².